The van der Waals surface area contributed by atoms with Gasteiger partial charge in [-0.25, -0.2) is 23.4 Å². The second kappa shape index (κ2) is 11.2. The van der Waals surface area contributed by atoms with Crippen LogP contribution in [0, 0.1) is 6.92 Å². The number of likely N-dealkylation sites (N-methyl/N-ethyl adjacent to an activating group) is 1. The van der Waals surface area contributed by atoms with Crippen molar-refractivity contribution in [1.29, 1.82) is 0 Å². The Morgan fingerprint density at radius 3 is 2.58 bits per heavy atom. The molecule has 1 aromatic carbocycles. The van der Waals surface area contributed by atoms with Gasteiger partial charge in [-0.1, -0.05) is 24.3 Å². The number of nitrogens with one attached hydrogen (secondary N) is 1. The summed E-state index contributed by atoms with van der Waals surface area (Å²) in [5.41, 5.74) is 1.44. The average molecular weight is 550 g/mol. The summed E-state index contributed by atoms with van der Waals surface area (Å²) in [5.74, 6) is 0.561. The first-order valence-electron chi connectivity index (χ1n) is 12.2. The van der Waals surface area contributed by atoms with Crippen molar-refractivity contribution in [3.05, 3.63) is 71.8 Å². The lowest BCUT2D eigenvalue weighted by atomic mass is 9.79. The molecule has 0 bridgehead atoms. The topological polar surface area (TPSA) is 97.3 Å². The van der Waals surface area contributed by atoms with Crippen LogP contribution in [-0.2, 0) is 16.4 Å². The molecule has 1 saturated carbocycles. The molecule has 2 heterocycles. The average Bonchev–Trinajstić information content (AvgIpc) is 2.83. The fraction of sp³-hybridized carbons (Fsp3) is 0.423. The van der Waals surface area contributed by atoms with Gasteiger partial charge in [0.25, 0.3) is 10.0 Å². The molecular weight excluding hydrogens is 519 g/mol. The third-order valence-electron chi connectivity index (χ3n) is 6.64. The van der Waals surface area contributed by atoms with Gasteiger partial charge < -0.3 is 9.64 Å². The molecule has 2 aromatic heterocycles. The number of hydrogen-bond donors (Lipinski definition) is 1. The van der Waals surface area contributed by atoms with Crippen molar-refractivity contribution >= 4 is 15.8 Å². The van der Waals surface area contributed by atoms with E-state index in [4.69, 9.17) is 4.74 Å². The van der Waals surface area contributed by atoms with Gasteiger partial charge in [-0.2, -0.15) is 13.2 Å². The van der Waals surface area contributed by atoms with Crippen LogP contribution in [-0.4, -0.2) is 60.7 Å². The van der Waals surface area contributed by atoms with Crippen LogP contribution in [0.1, 0.15) is 42.0 Å². The van der Waals surface area contributed by atoms with E-state index in [9.17, 15) is 21.6 Å². The number of pyridine rings is 1. The lowest BCUT2D eigenvalue weighted by molar-refractivity contribution is -0.127. The van der Waals surface area contributed by atoms with Gasteiger partial charge >= 0.3 is 6.18 Å². The van der Waals surface area contributed by atoms with E-state index in [1.165, 1.54) is 36.8 Å². The van der Waals surface area contributed by atoms with Crippen LogP contribution in [0.5, 0.6) is 5.88 Å². The Morgan fingerprint density at radius 1 is 1.13 bits per heavy atom. The second-order valence-electron chi connectivity index (χ2n) is 9.67. The fourth-order valence-corrected chi connectivity index (χ4v) is 6.05. The summed E-state index contributed by atoms with van der Waals surface area (Å²) in [6.07, 6.45) is -0.595. The Kier molecular flexibility index (Phi) is 8.22. The fourth-order valence-electron chi connectivity index (χ4n) is 4.86. The number of aromatic nitrogens is 3. The van der Waals surface area contributed by atoms with Gasteiger partial charge in [-0.05, 0) is 69.5 Å². The molecule has 0 amide bonds. The van der Waals surface area contributed by atoms with Crippen molar-refractivity contribution in [3.8, 4) is 5.88 Å². The quantitative estimate of drug-likeness (QED) is 0.434. The number of ether oxygens (including phenoxy) is 1. The van der Waals surface area contributed by atoms with E-state index in [1.54, 1.807) is 19.1 Å². The van der Waals surface area contributed by atoms with Gasteiger partial charge in [-0.3, -0.25) is 4.72 Å². The number of nitrogens with zero attached hydrogens (tertiary/aromatic N) is 4. The second-order valence-corrected chi connectivity index (χ2v) is 11.3. The first-order valence-corrected chi connectivity index (χ1v) is 13.6. The molecule has 1 aliphatic carbocycles. The summed E-state index contributed by atoms with van der Waals surface area (Å²) in [7, 11) is -0.0258. The highest BCUT2D eigenvalue weighted by atomic mass is 32.2. The Morgan fingerprint density at radius 2 is 1.92 bits per heavy atom. The monoisotopic (exact) mass is 549 g/mol. The number of alkyl halides is 3. The summed E-state index contributed by atoms with van der Waals surface area (Å²) < 4.78 is 72.9. The minimum atomic E-state index is -4.25. The maximum Gasteiger partial charge on any atom is 0.393 e. The predicted molar refractivity (Wildman–Crippen MR) is 136 cm³/mol. The van der Waals surface area contributed by atoms with Gasteiger partial charge in [0.2, 0.25) is 5.88 Å². The number of aryl methyl sites for hydroxylation is 1. The van der Waals surface area contributed by atoms with Crippen molar-refractivity contribution in [3.63, 3.8) is 0 Å². The third-order valence-corrected chi connectivity index (χ3v) is 8.13. The summed E-state index contributed by atoms with van der Waals surface area (Å²) in [4.78, 5) is 14.1. The lowest BCUT2D eigenvalue weighted by Gasteiger charge is -2.39. The molecule has 3 atom stereocenters. The van der Waals surface area contributed by atoms with E-state index >= 15 is 0 Å². The maximum atomic E-state index is 12.9. The molecule has 204 valence electrons. The summed E-state index contributed by atoms with van der Waals surface area (Å²) in [6.45, 7) is 1.59. The van der Waals surface area contributed by atoms with E-state index in [0.29, 0.717) is 18.7 Å². The number of halogens is 3. The van der Waals surface area contributed by atoms with Gasteiger partial charge in [0, 0.05) is 18.3 Å². The SMILES string of the molecule is Cc1nc(O[C@H]2CC[C@H](c3cccc(CC(F)(F)F)c3)C[C@@H]2N(C)C)ccc1S(=O)(=O)Nc1ccncn1. The zero-order valence-electron chi connectivity index (χ0n) is 21.3. The molecule has 3 aromatic rings. The third kappa shape index (κ3) is 6.98. The Balaban J connectivity index is 1.46. The van der Waals surface area contributed by atoms with Gasteiger partial charge in [-0.15, -0.1) is 0 Å². The Hall–Kier alpha value is -3.25. The van der Waals surface area contributed by atoms with Crippen LogP contribution < -0.4 is 9.46 Å². The normalized spacial score (nSPS) is 20.3. The minimum absolute atomic E-state index is 0.00929. The minimum Gasteiger partial charge on any atom is -0.473 e. The molecule has 0 spiro atoms. The van der Waals surface area contributed by atoms with Crippen LogP contribution in [0.3, 0.4) is 0 Å². The molecule has 1 fully saturated rings. The molecule has 0 unspecified atom stereocenters. The van der Waals surface area contributed by atoms with Crippen molar-refractivity contribution in [2.24, 2.45) is 0 Å². The summed E-state index contributed by atoms with van der Waals surface area (Å²) in [5, 5.41) is 0. The smallest absolute Gasteiger partial charge is 0.393 e. The highest BCUT2D eigenvalue weighted by Crippen LogP contribution is 2.37. The zero-order valence-corrected chi connectivity index (χ0v) is 22.1. The van der Waals surface area contributed by atoms with Crippen molar-refractivity contribution in [2.75, 3.05) is 18.8 Å². The highest BCUT2D eigenvalue weighted by Gasteiger charge is 2.35. The van der Waals surface area contributed by atoms with Crippen molar-refractivity contribution in [2.45, 2.75) is 61.7 Å². The van der Waals surface area contributed by atoms with Gasteiger partial charge in [0.1, 0.15) is 23.1 Å². The number of benzene rings is 1. The van der Waals surface area contributed by atoms with Crippen LogP contribution in [0.15, 0.2) is 59.9 Å². The molecule has 0 radical (unpaired) electrons. The van der Waals surface area contributed by atoms with E-state index < -0.39 is 22.6 Å². The summed E-state index contributed by atoms with van der Waals surface area (Å²) >= 11 is 0. The summed E-state index contributed by atoms with van der Waals surface area (Å²) in [6, 6.07) is 11.2. The Labute approximate surface area is 220 Å². The number of sulfonamides is 1. The molecule has 8 nitrogen and oxygen atoms in total. The van der Waals surface area contributed by atoms with Crippen LogP contribution >= 0.6 is 0 Å². The predicted octanol–water partition coefficient (Wildman–Crippen LogP) is 4.73. The first kappa shape index (κ1) is 27.8. The molecule has 0 aliphatic heterocycles. The van der Waals surface area contributed by atoms with Crippen LogP contribution in [0.4, 0.5) is 19.0 Å². The van der Waals surface area contributed by atoms with Crippen LogP contribution in [0.2, 0.25) is 0 Å². The van der Waals surface area contributed by atoms with Crippen LogP contribution in [0.25, 0.3) is 0 Å². The molecule has 1 aliphatic rings. The van der Waals surface area contributed by atoms with E-state index in [-0.39, 0.29) is 40.0 Å². The number of rotatable bonds is 8. The maximum absolute atomic E-state index is 12.9. The molecule has 4 rings (SSSR count). The molecule has 1 N–H and O–H groups in total. The molecule has 38 heavy (non-hydrogen) atoms. The molecule has 0 saturated heterocycles. The van der Waals surface area contributed by atoms with Crippen molar-refractivity contribution in [1.82, 2.24) is 19.9 Å². The molecular formula is C26H30F3N5O3S. The van der Waals surface area contributed by atoms with Gasteiger partial charge in [0.15, 0.2) is 0 Å². The van der Waals surface area contributed by atoms with Gasteiger partial charge in [0.05, 0.1) is 12.1 Å². The standard InChI is InChI=1S/C26H30F3N5O3S/c1-17-23(38(35,36)33-24-11-12-30-16-31-24)9-10-25(32-17)37-22-8-7-20(14-21(22)34(2)3)19-6-4-5-18(13-19)15-26(27,28)29/h4-6,9-13,16,20-22H,7-8,14-15H2,1-3H3,(H,30,31,33)/t20-,21-,22-/m0/s1. The van der Waals surface area contributed by atoms with E-state index in [2.05, 4.69) is 19.7 Å². The van der Waals surface area contributed by atoms with Crippen molar-refractivity contribution < 1.29 is 26.3 Å². The van der Waals surface area contributed by atoms with E-state index in [0.717, 1.165) is 12.0 Å². The number of anilines is 1. The number of hydrogen-bond acceptors (Lipinski definition) is 7. The Bertz CT molecular complexity index is 1350. The largest absolute Gasteiger partial charge is 0.473 e. The lowest BCUT2D eigenvalue weighted by Crippen LogP contribution is -2.46. The zero-order chi connectivity index (χ0) is 27.5. The molecule has 12 heteroatoms. The highest BCUT2D eigenvalue weighted by molar-refractivity contribution is 7.92. The van der Waals surface area contributed by atoms with E-state index in [1.807, 2.05) is 25.1 Å². The first-order chi connectivity index (χ1) is 17.9.